The third-order valence-corrected chi connectivity index (χ3v) is 8.45. The SMILES string of the molecule is CO[C@@]12CC[C@H](N[C@@H](CCC(N)=O)C(=O)O)[C@@H]3Oc4c(O)ccc5c4C31CCN(C)C2C5. The maximum absolute atomic E-state index is 11.9. The molecule has 0 radical (unpaired) electrons. The minimum absolute atomic E-state index is 0.00655. The van der Waals surface area contributed by atoms with Crippen LogP contribution >= 0.6 is 0 Å². The van der Waals surface area contributed by atoms with Crippen molar-refractivity contribution in [1.29, 1.82) is 0 Å². The number of nitrogens with zero attached hydrogens (tertiary/aromatic N) is 1. The molecule has 1 saturated heterocycles. The maximum Gasteiger partial charge on any atom is 0.320 e. The van der Waals surface area contributed by atoms with Crippen molar-refractivity contribution in [2.45, 2.75) is 73.8 Å². The summed E-state index contributed by atoms with van der Waals surface area (Å²) in [5.41, 5.74) is 6.48. The van der Waals surface area contributed by atoms with Gasteiger partial charge in [0.25, 0.3) is 0 Å². The molecule has 5 rings (SSSR count). The third kappa shape index (κ3) is 2.67. The number of carbonyl (C=O) groups is 2. The van der Waals surface area contributed by atoms with Gasteiger partial charge in [-0.3, -0.25) is 14.9 Å². The molecule has 6 atom stereocenters. The summed E-state index contributed by atoms with van der Waals surface area (Å²) < 4.78 is 12.9. The minimum atomic E-state index is -1.02. The largest absolute Gasteiger partial charge is 0.504 e. The van der Waals surface area contributed by atoms with Gasteiger partial charge >= 0.3 is 5.97 Å². The first-order valence-electron chi connectivity index (χ1n) is 11.3. The summed E-state index contributed by atoms with van der Waals surface area (Å²) in [6, 6.07) is 2.66. The summed E-state index contributed by atoms with van der Waals surface area (Å²) in [5, 5.41) is 23.7. The molecule has 174 valence electrons. The highest BCUT2D eigenvalue weighted by molar-refractivity contribution is 5.77. The molecule has 9 nitrogen and oxygen atoms in total. The van der Waals surface area contributed by atoms with Gasteiger partial charge in [0.2, 0.25) is 5.91 Å². The van der Waals surface area contributed by atoms with E-state index in [0.29, 0.717) is 12.2 Å². The molecule has 1 amide bonds. The van der Waals surface area contributed by atoms with Gasteiger partial charge in [0.15, 0.2) is 11.5 Å². The second kappa shape index (κ2) is 7.33. The second-order valence-corrected chi connectivity index (χ2v) is 9.71. The van der Waals surface area contributed by atoms with Crippen molar-refractivity contribution in [1.82, 2.24) is 10.2 Å². The van der Waals surface area contributed by atoms with Crippen molar-refractivity contribution in [3.63, 3.8) is 0 Å². The van der Waals surface area contributed by atoms with Crippen molar-refractivity contribution >= 4 is 11.9 Å². The predicted molar refractivity (Wildman–Crippen MR) is 115 cm³/mol. The van der Waals surface area contributed by atoms with E-state index < -0.39 is 28.9 Å². The number of amides is 1. The van der Waals surface area contributed by atoms with Crippen LogP contribution in [0, 0.1) is 0 Å². The van der Waals surface area contributed by atoms with Crippen LogP contribution in [0.25, 0.3) is 0 Å². The van der Waals surface area contributed by atoms with E-state index in [4.69, 9.17) is 15.2 Å². The van der Waals surface area contributed by atoms with E-state index >= 15 is 0 Å². The molecule has 2 aliphatic carbocycles. The van der Waals surface area contributed by atoms with Crippen LogP contribution < -0.4 is 15.8 Å². The Kier molecular flexibility index (Phi) is 4.92. The molecule has 2 fully saturated rings. The molecular formula is C23H31N3O6. The molecule has 32 heavy (non-hydrogen) atoms. The molecule has 2 unspecified atom stereocenters. The zero-order chi connectivity index (χ0) is 22.8. The van der Waals surface area contributed by atoms with Gasteiger partial charge in [0.05, 0.1) is 11.0 Å². The first-order chi connectivity index (χ1) is 15.2. The normalized spacial score (nSPS) is 35.6. The molecule has 9 heteroatoms. The van der Waals surface area contributed by atoms with Crippen molar-refractivity contribution in [2.75, 3.05) is 20.7 Å². The fourth-order valence-electron chi connectivity index (χ4n) is 7.13. The number of nitrogens with one attached hydrogen (secondary N) is 1. The number of carboxylic acids is 1. The molecule has 0 aromatic heterocycles. The molecule has 2 bridgehead atoms. The number of nitrogens with two attached hydrogens (primary N) is 1. The number of likely N-dealkylation sites (tertiary alicyclic amines) is 1. The number of rotatable bonds is 7. The summed E-state index contributed by atoms with van der Waals surface area (Å²) in [5.74, 6) is -0.925. The zero-order valence-corrected chi connectivity index (χ0v) is 18.5. The molecule has 1 saturated carbocycles. The van der Waals surface area contributed by atoms with Gasteiger partial charge in [-0.2, -0.15) is 0 Å². The highest BCUT2D eigenvalue weighted by Crippen LogP contribution is 2.66. The van der Waals surface area contributed by atoms with Crippen LogP contribution in [0.2, 0.25) is 0 Å². The van der Waals surface area contributed by atoms with Crippen molar-refractivity contribution in [3.05, 3.63) is 23.3 Å². The fraction of sp³-hybridized carbons (Fsp3) is 0.652. The molecular weight excluding hydrogens is 414 g/mol. The zero-order valence-electron chi connectivity index (χ0n) is 18.5. The number of methoxy groups -OCH3 is 1. The topological polar surface area (TPSA) is 134 Å². The Balaban J connectivity index is 1.59. The number of hydrogen-bond donors (Lipinski definition) is 4. The monoisotopic (exact) mass is 445 g/mol. The standard InChI is InChI=1S/C23H31N3O6/c1-26-10-9-22-18-12-3-5-15(27)19(18)32-20(22)13(7-8-23(22,31-2)16(26)11-12)25-14(21(29)30)4-6-17(24)28/h3,5,13-14,16,20,25,27H,4,6-11H2,1-2H3,(H2,24,28)(H,29,30)/t13-,14-,16?,20-,22?,23+/m0/s1. The highest BCUT2D eigenvalue weighted by Gasteiger charge is 2.73. The first-order valence-corrected chi connectivity index (χ1v) is 11.3. The van der Waals surface area contributed by atoms with E-state index in [-0.39, 0.29) is 36.8 Å². The quantitative estimate of drug-likeness (QED) is 0.477. The number of primary amides is 1. The second-order valence-electron chi connectivity index (χ2n) is 9.71. The van der Waals surface area contributed by atoms with E-state index in [1.165, 1.54) is 0 Å². The first kappa shape index (κ1) is 21.5. The predicted octanol–water partition coefficient (Wildman–Crippen LogP) is 0.507. The summed E-state index contributed by atoms with van der Waals surface area (Å²) in [6.07, 6.45) is 2.74. The number of carboxylic acid groups (broad SMARTS) is 1. The number of phenols is 1. The molecule has 2 heterocycles. The van der Waals surface area contributed by atoms with Crippen molar-refractivity contribution in [2.24, 2.45) is 5.73 Å². The number of likely N-dealkylation sites (N-methyl/N-ethyl adjacent to an activating group) is 1. The minimum Gasteiger partial charge on any atom is -0.504 e. The number of benzene rings is 1. The van der Waals surface area contributed by atoms with Gasteiger partial charge < -0.3 is 30.3 Å². The Labute approximate surface area is 186 Å². The number of hydrogen-bond acceptors (Lipinski definition) is 7. The third-order valence-electron chi connectivity index (χ3n) is 8.45. The van der Waals surface area contributed by atoms with E-state index in [1.807, 2.05) is 6.07 Å². The molecule has 4 aliphatic rings. The number of aliphatic carboxylic acids is 1. The summed E-state index contributed by atoms with van der Waals surface area (Å²) in [4.78, 5) is 25.5. The van der Waals surface area contributed by atoms with Crippen LogP contribution in [0.1, 0.15) is 43.2 Å². The van der Waals surface area contributed by atoms with E-state index in [9.17, 15) is 19.8 Å². The van der Waals surface area contributed by atoms with Crippen molar-refractivity contribution < 1.29 is 29.3 Å². The molecule has 1 aromatic carbocycles. The van der Waals surface area contributed by atoms with Gasteiger partial charge in [-0.25, -0.2) is 0 Å². The van der Waals surface area contributed by atoms with Gasteiger partial charge in [-0.1, -0.05) is 6.07 Å². The Bertz CT molecular complexity index is 969. The lowest BCUT2D eigenvalue weighted by molar-refractivity contribution is -0.204. The van der Waals surface area contributed by atoms with Crippen LogP contribution in [-0.2, 0) is 26.2 Å². The van der Waals surface area contributed by atoms with Crippen molar-refractivity contribution in [3.8, 4) is 11.5 Å². The number of aromatic hydroxyl groups is 1. The maximum atomic E-state index is 11.9. The molecule has 5 N–H and O–H groups in total. The van der Waals surface area contributed by atoms with Crippen LogP contribution in [0.15, 0.2) is 12.1 Å². The smallest absolute Gasteiger partial charge is 0.320 e. The van der Waals surface area contributed by atoms with Crippen LogP contribution in [0.4, 0.5) is 0 Å². The average Bonchev–Trinajstić information content (AvgIpc) is 3.11. The summed E-state index contributed by atoms with van der Waals surface area (Å²) in [7, 11) is 3.89. The van der Waals surface area contributed by atoms with E-state index in [2.05, 4.69) is 17.3 Å². The Morgan fingerprint density at radius 2 is 2.19 bits per heavy atom. The molecule has 1 spiro atoms. The molecule has 1 aromatic rings. The van der Waals surface area contributed by atoms with Gasteiger partial charge in [-0.05, 0) is 57.3 Å². The van der Waals surface area contributed by atoms with Gasteiger partial charge in [-0.15, -0.1) is 0 Å². The van der Waals surface area contributed by atoms with E-state index in [1.54, 1.807) is 13.2 Å². The van der Waals surface area contributed by atoms with E-state index in [0.717, 1.165) is 36.9 Å². The number of ether oxygens (including phenoxy) is 2. The summed E-state index contributed by atoms with van der Waals surface area (Å²) in [6.45, 7) is 0.862. The molecule has 2 aliphatic heterocycles. The van der Waals surface area contributed by atoms with Gasteiger partial charge in [0.1, 0.15) is 12.1 Å². The fourth-order valence-corrected chi connectivity index (χ4v) is 7.13. The van der Waals surface area contributed by atoms with Crippen LogP contribution in [0.5, 0.6) is 11.5 Å². The summed E-state index contributed by atoms with van der Waals surface area (Å²) >= 11 is 0. The Morgan fingerprint density at radius 1 is 1.41 bits per heavy atom. The van der Waals surface area contributed by atoms with Crippen LogP contribution in [-0.4, -0.2) is 77.5 Å². The Hall–Kier alpha value is -2.36. The number of phenolic OH excluding ortho intramolecular Hbond substituents is 1. The average molecular weight is 446 g/mol. The number of carbonyl (C=O) groups excluding carboxylic acids is 1. The lowest BCUT2D eigenvalue weighted by Crippen LogP contribution is -2.78. The highest BCUT2D eigenvalue weighted by atomic mass is 16.5. The Morgan fingerprint density at radius 3 is 2.88 bits per heavy atom. The lowest BCUT2D eigenvalue weighted by Gasteiger charge is -2.65. The van der Waals surface area contributed by atoms with Crippen LogP contribution in [0.3, 0.4) is 0 Å². The number of piperidine rings is 1. The van der Waals surface area contributed by atoms with Gasteiger partial charge in [0, 0.05) is 31.2 Å². The lowest BCUT2D eigenvalue weighted by atomic mass is 9.48.